The molecule has 6 heteroatoms. The van der Waals surface area contributed by atoms with Gasteiger partial charge in [-0.15, -0.1) is 0 Å². The van der Waals surface area contributed by atoms with Gasteiger partial charge in [0.25, 0.3) is 0 Å². The van der Waals surface area contributed by atoms with E-state index in [9.17, 15) is 17.3 Å². The van der Waals surface area contributed by atoms with Gasteiger partial charge >= 0.3 is 7.25 Å². The van der Waals surface area contributed by atoms with Gasteiger partial charge in [0.05, 0.1) is 0 Å². The van der Waals surface area contributed by atoms with Crippen LogP contribution in [0.3, 0.4) is 0 Å². The highest BCUT2D eigenvalue weighted by atomic mass is 19.5. The Morgan fingerprint density at radius 1 is 1.00 bits per heavy atom. The smallest absolute Gasteiger partial charge is 0.448 e. The molecular formula is CH5BF4O. The Morgan fingerprint density at radius 3 is 1.00 bits per heavy atom. The summed E-state index contributed by atoms with van der Waals surface area (Å²) in [6.07, 6.45) is 0. The molecule has 0 atom stereocenters. The Morgan fingerprint density at radius 2 is 1.00 bits per heavy atom. The molecule has 0 fully saturated rings. The lowest BCUT2D eigenvalue weighted by Crippen LogP contribution is -2.02. The quantitative estimate of drug-likeness (QED) is 0.254. The highest BCUT2D eigenvalue weighted by molar-refractivity contribution is 6.50. The van der Waals surface area contributed by atoms with Crippen LogP contribution in [-0.2, 0) is 0 Å². The van der Waals surface area contributed by atoms with E-state index in [1.165, 1.54) is 7.11 Å². The van der Waals surface area contributed by atoms with Crippen LogP contribution in [0.5, 0.6) is 0 Å². The van der Waals surface area contributed by atoms with Gasteiger partial charge in [-0.3, -0.25) is 0 Å². The summed E-state index contributed by atoms with van der Waals surface area (Å²) in [6, 6.07) is 0. The Hall–Kier alpha value is -0.255. The summed E-state index contributed by atoms with van der Waals surface area (Å²) < 4.78 is 39.0. The van der Waals surface area contributed by atoms with Crippen LogP contribution in [0, 0.1) is 0 Å². The molecule has 0 amide bonds. The predicted octanol–water partition coefficient (Wildman–Crippen LogP) is 0.641. The number of rotatable bonds is 0. The third-order valence-corrected chi connectivity index (χ3v) is 0. The fraction of sp³-hybridized carbons (Fsp3) is 1.00. The van der Waals surface area contributed by atoms with Crippen LogP contribution in [0.1, 0.15) is 0 Å². The molecule has 0 aromatic carbocycles. The van der Waals surface area contributed by atoms with Crippen molar-refractivity contribution in [3.63, 3.8) is 0 Å². The van der Waals surface area contributed by atoms with Crippen LogP contribution in [0.4, 0.5) is 17.3 Å². The first-order valence-corrected chi connectivity index (χ1v) is 1.37. The number of halogens is 4. The first-order chi connectivity index (χ1) is 3.00. The van der Waals surface area contributed by atoms with Gasteiger partial charge in [-0.25, -0.2) is 0 Å². The summed E-state index contributed by atoms with van der Waals surface area (Å²) in [7, 11) is -4.75. The van der Waals surface area contributed by atoms with Crippen molar-refractivity contribution in [3.05, 3.63) is 0 Å². The van der Waals surface area contributed by atoms with Gasteiger partial charge < -0.3 is 22.4 Å². The molecule has 0 spiro atoms. The van der Waals surface area contributed by atoms with Crippen molar-refractivity contribution in [2.75, 3.05) is 7.11 Å². The van der Waals surface area contributed by atoms with Crippen LogP contribution >= 0.6 is 0 Å². The SMILES string of the molecule is C[OH2+].F[B-](F)(F)F. The topological polar surface area (TPSA) is 22.9 Å². The largest absolute Gasteiger partial charge is 0.673 e. The number of hydrogen-bond donors (Lipinski definition) is 0. The molecule has 0 saturated heterocycles. The molecular weight excluding hydrogens is 115 g/mol. The maximum atomic E-state index is 9.75. The van der Waals surface area contributed by atoms with E-state index >= 15 is 0 Å². The molecule has 0 rings (SSSR count). The van der Waals surface area contributed by atoms with Gasteiger partial charge in [0, 0.05) is 0 Å². The molecule has 0 saturated carbocycles. The molecule has 7 heavy (non-hydrogen) atoms. The first kappa shape index (κ1) is 9.89. The van der Waals surface area contributed by atoms with Crippen LogP contribution in [0.15, 0.2) is 0 Å². The van der Waals surface area contributed by atoms with E-state index in [2.05, 4.69) is 0 Å². The minimum absolute atomic E-state index is 1.25. The fourth-order valence-electron chi connectivity index (χ4n) is 0. The van der Waals surface area contributed by atoms with Gasteiger partial charge in [0.2, 0.25) is 0 Å². The molecule has 0 aliphatic heterocycles. The van der Waals surface area contributed by atoms with E-state index in [0.29, 0.717) is 0 Å². The molecule has 0 heterocycles. The Bertz CT molecular complexity index is 27.2. The van der Waals surface area contributed by atoms with E-state index in [1.54, 1.807) is 0 Å². The van der Waals surface area contributed by atoms with Gasteiger partial charge in [0.15, 0.2) is 0 Å². The highest BCUT2D eigenvalue weighted by Crippen LogP contribution is 2.06. The third kappa shape index (κ3) is 1240. The van der Waals surface area contributed by atoms with Gasteiger partial charge in [-0.05, 0) is 0 Å². The van der Waals surface area contributed by atoms with E-state index in [1.807, 2.05) is 0 Å². The van der Waals surface area contributed by atoms with E-state index in [0.717, 1.165) is 0 Å². The van der Waals surface area contributed by atoms with E-state index < -0.39 is 7.25 Å². The third-order valence-electron chi connectivity index (χ3n) is 0. The van der Waals surface area contributed by atoms with Crippen molar-refractivity contribution >= 4 is 7.25 Å². The molecule has 1 nitrogen and oxygen atoms in total. The standard InChI is InChI=1S/CH4O.BF4/c1-2;2-1(3,4)5/h2H,1H3;/q;-1/p+1. The second kappa shape index (κ2) is 3.92. The summed E-state index contributed by atoms with van der Waals surface area (Å²) in [6.45, 7) is 0. The lowest BCUT2D eigenvalue weighted by molar-refractivity contribution is 0.368. The van der Waals surface area contributed by atoms with Gasteiger partial charge in [-0.1, -0.05) is 0 Å². The van der Waals surface area contributed by atoms with Crippen LogP contribution in [0.2, 0.25) is 0 Å². The normalized spacial score (nSPS) is 9.43. The Balaban J connectivity index is 0. The molecule has 0 aliphatic carbocycles. The zero-order chi connectivity index (χ0) is 6.50. The monoisotopic (exact) mass is 120 g/mol. The van der Waals surface area contributed by atoms with Gasteiger partial charge in [-0.2, -0.15) is 0 Å². The van der Waals surface area contributed by atoms with E-state index in [-0.39, 0.29) is 0 Å². The minimum Gasteiger partial charge on any atom is -0.448 e. The van der Waals surface area contributed by atoms with Crippen molar-refractivity contribution < 1.29 is 22.4 Å². The van der Waals surface area contributed by atoms with Crippen molar-refractivity contribution in [1.82, 2.24) is 0 Å². The molecule has 2 N–H and O–H groups in total. The summed E-state index contributed by atoms with van der Waals surface area (Å²) in [5.41, 5.74) is 0. The maximum Gasteiger partial charge on any atom is 0.673 e. The molecule has 0 aromatic rings. The second-order valence-corrected chi connectivity index (χ2v) is 0.495. The molecule has 0 aliphatic rings. The lowest BCUT2D eigenvalue weighted by Gasteiger charge is -1.94. The summed E-state index contributed by atoms with van der Waals surface area (Å²) >= 11 is 0. The average Bonchev–Trinajstić information content (AvgIpc) is 1.36. The van der Waals surface area contributed by atoms with Crippen LogP contribution in [0.25, 0.3) is 0 Å². The predicted molar refractivity (Wildman–Crippen MR) is 19.7 cm³/mol. The second-order valence-electron chi connectivity index (χ2n) is 0.495. The molecule has 0 bridgehead atoms. The minimum atomic E-state index is -6.00. The van der Waals surface area contributed by atoms with Crippen LogP contribution in [-0.4, -0.2) is 19.5 Å². The molecule has 46 valence electrons. The fourth-order valence-corrected chi connectivity index (χ4v) is 0. The van der Waals surface area contributed by atoms with Crippen molar-refractivity contribution in [2.24, 2.45) is 0 Å². The lowest BCUT2D eigenvalue weighted by atomic mass is 10.3. The van der Waals surface area contributed by atoms with Crippen molar-refractivity contribution in [3.8, 4) is 0 Å². The van der Waals surface area contributed by atoms with E-state index in [4.69, 9.17) is 5.11 Å². The van der Waals surface area contributed by atoms with Crippen molar-refractivity contribution in [2.45, 2.75) is 0 Å². The number of hydrogen-bond acceptors (Lipinski definition) is 0. The molecule has 0 unspecified atom stereocenters. The zero-order valence-corrected chi connectivity index (χ0v) is 3.59. The van der Waals surface area contributed by atoms with Gasteiger partial charge in [0.1, 0.15) is 7.11 Å². The first-order valence-electron chi connectivity index (χ1n) is 1.37. The average molecular weight is 120 g/mol. The maximum absolute atomic E-state index is 9.75. The highest BCUT2D eigenvalue weighted by Gasteiger charge is 2.20. The van der Waals surface area contributed by atoms with Crippen LogP contribution < -0.4 is 0 Å². The Labute approximate surface area is 38.1 Å². The molecule has 0 aromatic heterocycles. The summed E-state index contributed by atoms with van der Waals surface area (Å²) in [5, 5.41) is 5.75. The summed E-state index contributed by atoms with van der Waals surface area (Å²) in [5.74, 6) is 0. The zero-order valence-electron chi connectivity index (χ0n) is 3.59. The summed E-state index contributed by atoms with van der Waals surface area (Å²) in [4.78, 5) is 0. The van der Waals surface area contributed by atoms with Crippen molar-refractivity contribution in [1.29, 1.82) is 0 Å². The molecule has 0 radical (unpaired) electrons. The Kier molecular flexibility index (Phi) is 5.54.